The van der Waals surface area contributed by atoms with Crippen LogP contribution in [-0.2, 0) is 11.9 Å². The first-order valence-electron chi connectivity index (χ1n) is 12.5. The summed E-state index contributed by atoms with van der Waals surface area (Å²) in [4.78, 5) is 29.4. The normalized spacial score (nSPS) is 20.0. The molecule has 3 aromatic heterocycles. The molecule has 0 aromatic carbocycles. The lowest BCUT2D eigenvalue weighted by atomic mass is 9.81. The molecule has 37 heavy (non-hydrogen) atoms. The van der Waals surface area contributed by atoms with Crippen LogP contribution in [0.1, 0.15) is 49.8 Å². The second-order valence-corrected chi connectivity index (χ2v) is 10.3. The third-order valence-electron chi connectivity index (χ3n) is 7.44. The van der Waals surface area contributed by atoms with Gasteiger partial charge in [-0.25, -0.2) is 9.37 Å². The Kier molecular flexibility index (Phi) is 7.11. The van der Waals surface area contributed by atoms with E-state index >= 15 is 0 Å². The fourth-order valence-corrected chi connectivity index (χ4v) is 5.24. The van der Waals surface area contributed by atoms with Crippen molar-refractivity contribution in [1.29, 1.82) is 5.26 Å². The number of nitrogens with zero attached hydrogens (tertiary/aromatic N) is 6. The van der Waals surface area contributed by atoms with E-state index in [1.807, 2.05) is 11.9 Å². The van der Waals surface area contributed by atoms with Gasteiger partial charge in [-0.2, -0.15) is 5.26 Å². The van der Waals surface area contributed by atoms with Crippen molar-refractivity contribution in [2.75, 3.05) is 18.6 Å². The lowest BCUT2D eigenvalue weighted by molar-refractivity contribution is 0.131. The maximum atomic E-state index is 13.5. The first-order valence-corrected chi connectivity index (χ1v) is 12.9. The standard InChI is InChI=1S/C27H28ClFN6O2/c1-34(26-20(13-30)27(36)35(2)22-11-12-23(28)32-25(22)26)19-8-5-17(6-9-19)24(33-37-15-16-3-4-16)21-10-7-18(29)14-31-21/h7,10-12,14,16-17,19H,3-6,8-9,15H2,1-2H3/b33-24+/t17-,19-. The van der Waals surface area contributed by atoms with Gasteiger partial charge >= 0.3 is 0 Å². The van der Waals surface area contributed by atoms with Crippen molar-refractivity contribution in [2.24, 2.45) is 24.0 Å². The van der Waals surface area contributed by atoms with Crippen molar-refractivity contribution in [3.63, 3.8) is 0 Å². The Bertz CT molecular complexity index is 1440. The van der Waals surface area contributed by atoms with Gasteiger partial charge < -0.3 is 14.3 Å². The molecular formula is C27H28ClFN6O2. The predicted octanol–water partition coefficient (Wildman–Crippen LogP) is 4.82. The number of hydrogen-bond donors (Lipinski definition) is 0. The number of nitriles is 1. The molecule has 3 aromatic rings. The van der Waals surface area contributed by atoms with Crippen LogP contribution in [0.15, 0.2) is 40.4 Å². The Morgan fingerprint density at radius 3 is 2.65 bits per heavy atom. The van der Waals surface area contributed by atoms with Crippen LogP contribution in [0.2, 0.25) is 5.15 Å². The fourth-order valence-electron chi connectivity index (χ4n) is 5.09. The molecule has 2 aliphatic carbocycles. The number of aryl methyl sites for hydroxylation is 1. The number of pyridine rings is 3. The summed E-state index contributed by atoms with van der Waals surface area (Å²) in [6, 6.07) is 8.60. The van der Waals surface area contributed by atoms with E-state index in [1.54, 1.807) is 25.2 Å². The average Bonchev–Trinajstić information content (AvgIpc) is 3.73. The van der Waals surface area contributed by atoms with E-state index < -0.39 is 5.82 Å². The van der Waals surface area contributed by atoms with E-state index in [1.165, 1.54) is 29.7 Å². The topological polar surface area (TPSA) is 96.4 Å². The van der Waals surface area contributed by atoms with Crippen LogP contribution in [0.5, 0.6) is 0 Å². The third-order valence-corrected chi connectivity index (χ3v) is 7.65. The molecule has 0 atom stereocenters. The summed E-state index contributed by atoms with van der Waals surface area (Å²) in [7, 11) is 3.53. The first kappa shape index (κ1) is 25.2. The minimum Gasteiger partial charge on any atom is -0.395 e. The van der Waals surface area contributed by atoms with Crippen LogP contribution in [0, 0.1) is 29.0 Å². The van der Waals surface area contributed by atoms with Gasteiger partial charge in [0.1, 0.15) is 40.4 Å². The third kappa shape index (κ3) is 5.16. The smallest absolute Gasteiger partial charge is 0.270 e. The van der Waals surface area contributed by atoms with E-state index in [-0.39, 0.29) is 23.1 Å². The minimum absolute atomic E-state index is 0.0561. The van der Waals surface area contributed by atoms with E-state index in [0.29, 0.717) is 40.1 Å². The van der Waals surface area contributed by atoms with Crippen molar-refractivity contribution in [3.8, 4) is 6.07 Å². The maximum absolute atomic E-state index is 13.5. The summed E-state index contributed by atoms with van der Waals surface area (Å²) in [5, 5.41) is 14.6. The average molecular weight is 523 g/mol. The molecule has 0 spiro atoms. The molecule has 0 saturated heterocycles. The van der Waals surface area contributed by atoms with E-state index in [9.17, 15) is 14.4 Å². The molecule has 0 radical (unpaired) electrons. The van der Waals surface area contributed by atoms with Gasteiger partial charge in [0.05, 0.1) is 23.1 Å². The van der Waals surface area contributed by atoms with Crippen LogP contribution in [0.3, 0.4) is 0 Å². The molecule has 0 amide bonds. The van der Waals surface area contributed by atoms with Gasteiger partial charge in [0.25, 0.3) is 5.56 Å². The van der Waals surface area contributed by atoms with E-state index in [4.69, 9.17) is 16.4 Å². The van der Waals surface area contributed by atoms with Gasteiger partial charge in [-0.3, -0.25) is 9.78 Å². The molecule has 192 valence electrons. The summed E-state index contributed by atoms with van der Waals surface area (Å²) in [6.07, 6.45) is 6.74. The molecule has 0 aliphatic heterocycles. The number of rotatable bonds is 7. The molecule has 0 bridgehead atoms. The lowest BCUT2D eigenvalue weighted by Crippen LogP contribution is -2.39. The molecule has 0 N–H and O–H groups in total. The molecule has 3 heterocycles. The van der Waals surface area contributed by atoms with Gasteiger partial charge in [0.2, 0.25) is 0 Å². The Morgan fingerprint density at radius 1 is 1.24 bits per heavy atom. The zero-order chi connectivity index (χ0) is 26.1. The summed E-state index contributed by atoms with van der Waals surface area (Å²) in [5.74, 6) is 0.279. The Labute approximate surface area is 219 Å². The Morgan fingerprint density at radius 2 is 2.00 bits per heavy atom. The summed E-state index contributed by atoms with van der Waals surface area (Å²) >= 11 is 6.20. The van der Waals surface area contributed by atoms with Crippen LogP contribution >= 0.6 is 11.6 Å². The zero-order valence-electron chi connectivity index (χ0n) is 20.8. The second kappa shape index (κ2) is 10.5. The highest BCUT2D eigenvalue weighted by atomic mass is 35.5. The summed E-state index contributed by atoms with van der Waals surface area (Å²) in [5.41, 5.74) is 2.72. The quantitative estimate of drug-likeness (QED) is 0.251. The summed E-state index contributed by atoms with van der Waals surface area (Å²) < 4.78 is 14.9. The zero-order valence-corrected chi connectivity index (χ0v) is 21.6. The highest BCUT2D eigenvalue weighted by molar-refractivity contribution is 6.29. The molecule has 5 rings (SSSR count). The van der Waals surface area contributed by atoms with Crippen molar-refractivity contribution in [2.45, 2.75) is 44.6 Å². The number of oxime groups is 1. The minimum atomic E-state index is -0.393. The van der Waals surface area contributed by atoms with Crippen molar-refractivity contribution < 1.29 is 9.23 Å². The Balaban J connectivity index is 1.40. The van der Waals surface area contributed by atoms with Crippen LogP contribution in [0.25, 0.3) is 11.0 Å². The predicted molar refractivity (Wildman–Crippen MR) is 140 cm³/mol. The molecule has 0 unspecified atom stereocenters. The monoisotopic (exact) mass is 522 g/mol. The number of aromatic nitrogens is 3. The van der Waals surface area contributed by atoms with Crippen LogP contribution in [0.4, 0.5) is 10.1 Å². The van der Waals surface area contributed by atoms with Gasteiger partial charge in [0.15, 0.2) is 0 Å². The molecule has 2 aliphatic rings. The molecular weight excluding hydrogens is 495 g/mol. The van der Waals surface area contributed by atoms with Crippen molar-refractivity contribution in [3.05, 3.63) is 63.0 Å². The Hall–Kier alpha value is -3.51. The van der Waals surface area contributed by atoms with Gasteiger partial charge in [-0.05, 0) is 68.7 Å². The highest BCUT2D eigenvalue weighted by Gasteiger charge is 2.32. The largest absolute Gasteiger partial charge is 0.395 e. The number of hydrogen-bond acceptors (Lipinski definition) is 7. The fraction of sp³-hybridized carbons (Fsp3) is 0.444. The maximum Gasteiger partial charge on any atom is 0.270 e. The van der Waals surface area contributed by atoms with Gasteiger partial charge in [-0.1, -0.05) is 16.8 Å². The van der Waals surface area contributed by atoms with E-state index in [2.05, 4.69) is 21.2 Å². The van der Waals surface area contributed by atoms with Crippen LogP contribution < -0.4 is 10.5 Å². The molecule has 10 heteroatoms. The van der Waals surface area contributed by atoms with Gasteiger partial charge in [-0.15, -0.1) is 0 Å². The summed E-state index contributed by atoms with van der Waals surface area (Å²) in [6.45, 7) is 0.589. The highest BCUT2D eigenvalue weighted by Crippen LogP contribution is 2.35. The molecule has 2 fully saturated rings. The van der Waals surface area contributed by atoms with Crippen molar-refractivity contribution >= 4 is 34.0 Å². The first-order chi connectivity index (χ1) is 17.9. The van der Waals surface area contributed by atoms with Crippen molar-refractivity contribution in [1.82, 2.24) is 14.5 Å². The van der Waals surface area contributed by atoms with Crippen LogP contribution in [-0.4, -0.2) is 39.9 Å². The lowest BCUT2D eigenvalue weighted by Gasteiger charge is -2.36. The number of anilines is 1. The van der Waals surface area contributed by atoms with Gasteiger partial charge in [0, 0.05) is 26.1 Å². The van der Waals surface area contributed by atoms with E-state index in [0.717, 1.165) is 31.4 Å². The molecule has 8 nitrogen and oxygen atoms in total. The number of fused-ring (bicyclic) bond motifs is 1. The second-order valence-electron chi connectivity index (χ2n) is 9.89. The SMILES string of the molecule is Cn1c(=O)c(C#N)c(N(C)[C@H]2CC[C@H](/C(=N\OCC3CC3)c3ccc(F)cn3)CC2)c2nc(Cl)ccc21. The molecule has 2 saturated carbocycles. The number of halogens is 2.